The smallest absolute Gasteiger partial charge is 0.199 e. The lowest BCUT2D eigenvalue weighted by Gasteiger charge is -2.22. The number of carbonyl (C=O) groups excluding carboxylic acids is 1. The molecule has 0 unspecified atom stereocenters. The summed E-state index contributed by atoms with van der Waals surface area (Å²) in [5, 5.41) is 93.0. The molecule has 15 N–H and O–H groups in total. The van der Waals surface area contributed by atoms with E-state index in [4.69, 9.17) is 70.4 Å². The highest BCUT2D eigenvalue weighted by Gasteiger charge is 2.29. The van der Waals surface area contributed by atoms with Gasteiger partial charge in [-0.2, -0.15) is 0 Å². The van der Waals surface area contributed by atoms with E-state index in [9.17, 15) is 4.79 Å². The van der Waals surface area contributed by atoms with Crippen LogP contribution in [0.25, 0.3) is 0 Å². The summed E-state index contributed by atoms with van der Waals surface area (Å²) in [6, 6.07) is 13.9. The molecule has 2 aromatic rings. The summed E-state index contributed by atoms with van der Waals surface area (Å²) in [4.78, 5) is 9.90. The van der Waals surface area contributed by atoms with Crippen LogP contribution >= 0.6 is 23.2 Å². The van der Waals surface area contributed by atoms with Gasteiger partial charge in [-0.15, -0.1) is 0 Å². The fraction of sp³-hybridized carbons (Fsp3) is 0.393. The van der Waals surface area contributed by atoms with E-state index in [0.717, 1.165) is 25.7 Å². The minimum absolute atomic E-state index is 0.00148. The van der Waals surface area contributed by atoms with Gasteiger partial charge in [-0.05, 0) is 61.4 Å². The number of hydrogen-bond acceptors (Lipinski definition) is 10. The van der Waals surface area contributed by atoms with Crippen LogP contribution in [0.1, 0.15) is 25.7 Å². The number of benzene rings is 2. The number of aliphatic hydroxyl groups is 5. The molecule has 0 bridgehead atoms. The Hall–Kier alpha value is -4.03. The average molecular weight is 686 g/mol. The number of nitrogens with one attached hydrogen (secondary N) is 10. The molecule has 2 rings (SSSR count). The zero-order valence-corrected chi connectivity index (χ0v) is 26.4. The van der Waals surface area contributed by atoms with Crippen LogP contribution in [0.5, 0.6) is 0 Å². The first-order valence-corrected chi connectivity index (χ1v) is 14.8. The van der Waals surface area contributed by atoms with Crippen molar-refractivity contribution in [2.24, 2.45) is 0 Å². The molecule has 2 aromatic carbocycles. The first kappa shape index (κ1) is 40.0. The third-order valence-corrected chi connectivity index (χ3v) is 6.36. The molecule has 0 amide bonds. The van der Waals surface area contributed by atoms with Crippen molar-refractivity contribution in [1.29, 1.82) is 21.6 Å². The molecule has 4 atom stereocenters. The average Bonchev–Trinajstić information content (AvgIpc) is 3.03. The standard InChI is InChI=1S/C22H30Cl2N10.C6H12O6/c23-15-5-9-17(10-6-15)31-21(27)33-19(25)29-13-3-1-2-4-14-30-20(26)34-22(28)32-18-11-7-16(24)8-12-18;7-1-3(9)5(11)6(12)4(10)2-8/h5-12H,1-4,13-14H2,(H5,25,27,29,31,33)(H5,26,28,30,32,34);1,3-6,8-12H,2H2/t;3-,4+,5+,6+/m.0/s1. The molecule has 0 aliphatic heterocycles. The number of anilines is 2. The highest BCUT2D eigenvalue weighted by atomic mass is 35.5. The van der Waals surface area contributed by atoms with E-state index < -0.39 is 31.0 Å². The van der Waals surface area contributed by atoms with E-state index in [-0.39, 0.29) is 30.1 Å². The Morgan fingerprint density at radius 3 is 1.39 bits per heavy atom. The second-order valence-corrected chi connectivity index (χ2v) is 10.5. The number of unbranched alkanes of at least 4 members (excludes halogenated alkanes) is 3. The normalized spacial score (nSPS) is 12.9. The van der Waals surface area contributed by atoms with Gasteiger partial charge in [0.25, 0.3) is 0 Å². The van der Waals surface area contributed by atoms with Crippen molar-refractivity contribution in [3.8, 4) is 0 Å². The quantitative estimate of drug-likeness (QED) is 0.0569. The maximum atomic E-state index is 9.90. The molecule has 0 aromatic heterocycles. The van der Waals surface area contributed by atoms with Crippen molar-refractivity contribution in [2.45, 2.75) is 50.1 Å². The van der Waals surface area contributed by atoms with Crippen LogP contribution in [0.2, 0.25) is 10.0 Å². The predicted molar refractivity (Wildman–Crippen MR) is 179 cm³/mol. The van der Waals surface area contributed by atoms with Gasteiger partial charge >= 0.3 is 0 Å². The van der Waals surface area contributed by atoms with E-state index >= 15 is 0 Å². The molecule has 0 aliphatic rings. The highest BCUT2D eigenvalue weighted by molar-refractivity contribution is 6.31. The molecule has 254 valence electrons. The number of aldehydes is 1. The molecule has 0 saturated heterocycles. The minimum Gasteiger partial charge on any atom is -0.394 e. The van der Waals surface area contributed by atoms with Crippen molar-refractivity contribution in [3.05, 3.63) is 58.6 Å². The molecule has 0 aliphatic carbocycles. The maximum absolute atomic E-state index is 9.90. The van der Waals surface area contributed by atoms with Gasteiger partial charge in [-0.25, -0.2) is 0 Å². The lowest BCUT2D eigenvalue weighted by atomic mass is 10.0. The Kier molecular flexibility index (Phi) is 19.5. The molecule has 0 fully saturated rings. The second kappa shape index (κ2) is 22.5. The molecular weight excluding hydrogens is 643 g/mol. The first-order valence-electron chi connectivity index (χ1n) is 14.1. The van der Waals surface area contributed by atoms with Gasteiger partial charge in [-0.3, -0.25) is 32.3 Å². The molecule has 0 spiro atoms. The van der Waals surface area contributed by atoms with Crippen LogP contribution in [0.3, 0.4) is 0 Å². The summed E-state index contributed by atoms with van der Waals surface area (Å²) in [5.74, 6) is 0.112. The Morgan fingerprint density at radius 2 is 1.04 bits per heavy atom. The highest BCUT2D eigenvalue weighted by Crippen LogP contribution is 2.13. The van der Waals surface area contributed by atoms with E-state index in [0.29, 0.717) is 34.5 Å². The topological polar surface area (TPSA) is 286 Å². The number of guanidine groups is 4. The number of halogens is 2. The van der Waals surface area contributed by atoms with E-state index in [2.05, 4.69) is 31.9 Å². The lowest BCUT2D eigenvalue weighted by molar-refractivity contribution is -0.136. The Bertz CT molecular complexity index is 1160. The van der Waals surface area contributed by atoms with Crippen LogP contribution in [-0.4, -0.2) is 99.8 Å². The molecule has 16 nitrogen and oxygen atoms in total. The van der Waals surface area contributed by atoms with Crippen LogP contribution in [0.15, 0.2) is 48.5 Å². The number of carbonyl (C=O) groups is 1. The predicted octanol–water partition coefficient (Wildman–Crippen LogP) is 0.796. The monoisotopic (exact) mass is 684 g/mol. The first-order chi connectivity index (χ1) is 21.9. The summed E-state index contributed by atoms with van der Waals surface area (Å²) in [6.45, 7) is 0.487. The van der Waals surface area contributed by atoms with Gasteiger partial charge in [0.05, 0.1) is 6.61 Å². The number of hydrogen-bond donors (Lipinski definition) is 15. The molecule has 46 heavy (non-hydrogen) atoms. The summed E-state index contributed by atoms with van der Waals surface area (Å²) in [6.07, 6.45) is -3.14. The van der Waals surface area contributed by atoms with Gasteiger partial charge in [0, 0.05) is 34.5 Å². The zero-order valence-electron chi connectivity index (χ0n) is 24.9. The Balaban J connectivity index is 0.000000745. The summed E-state index contributed by atoms with van der Waals surface area (Å²) >= 11 is 11.7. The third-order valence-electron chi connectivity index (χ3n) is 5.85. The van der Waals surface area contributed by atoms with Crippen LogP contribution < -0.4 is 31.9 Å². The van der Waals surface area contributed by atoms with E-state index in [1.54, 1.807) is 48.5 Å². The van der Waals surface area contributed by atoms with Crippen molar-refractivity contribution < 1.29 is 30.3 Å². The molecule has 0 heterocycles. The van der Waals surface area contributed by atoms with Crippen LogP contribution in [-0.2, 0) is 4.79 Å². The third kappa shape index (κ3) is 17.5. The second-order valence-electron chi connectivity index (χ2n) is 9.64. The number of rotatable bonds is 14. The van der Waals surface area contributed by atoms with Crippen molar-refractivity contribution in [3.63, 3.8) is 0 Å². The molecule has 18 heteroatoms. The van der Waals surface area contributed by atoms with Crippen molar-refractivity contribution >= 4 is 64.7 Å². The Morgan fingerprint density at radius 1 is 0.652 bits per heavy atom. The zero-order chi connectivity index (χ0) is 34.5. The molecule has 0 radical (unpaired) electrons. The van der Waals surface area contributed by atoms with Gasteiger partial charge in [0.1, 0.15) is 24.4 Å². The number of aliphatic hydroxyl groups excluding tert-OH is 5. The lowest BCUT2D eigenvalue weighted by Crippen LogP contribution is -2.46. The largest absolute Gasteiger partial charge is 0.394 e. The van der Waals surface area contributed by atoms with Gasteiger partial charge in [0.15, 0.2) is 30.1 Å². The molecule has 0 saturated carbocycles. The molecular formula is C28H42Cl2N10O6. The van der Waals surface area contributed by atoms with E-state index in [1.807, 2.05) is 0 Å². The summed E-state index contributed by atoms with van der Waals surface area (Å²) in [5.41, 5.74) is 1.42. The van der Waals surface area contributed by atoms with Crippen LogP contribution in [0.4, 0.5) is 11.4 Å². The van der Waals surface area contributed by atoms with Gasteiger partial charge in [-0.1, -0.05) is 36.0 Å². The fourth-order valence-corrected chi connectivity index (χ4v) is 3.66. The summed E-state index contributed by atoms with van der Waals surface area (Å²) < 4.78 is 0. The Labute approximate surface area is 276 Å². The summed E-state index contributed by atoms with van der Waals surface area (Å²) in [7, 11) is 0. The maximum Gasteiger partial charge on any atom is 0.199 e. The van der Waals surface area contributed by atoms with Gasteiger partial charge in [0.2, 0.25) is 0 Å². The van der Waals surface area contributed by atoms with Crippen molar-refractivity contribution in [2.75, 3.05) is 30.3 Å². The van der Waals surface area contributed by atoms with Crippen molar-refractivity contribution in [1.82, 2.24) is 21.3 Å². The van der Waals surface area contributed by atoms with Gasteiger partial charge < -0.3 is 51.6 Å². The van der Waals surface area contributed by atoms with E-state index in [1.165, 1.54) is 0 Å². The van der Waals surface area contributed by atoms with Crippen LogP contribution in [0, 0.1) is 21.6 Å². The fourth-order valence-electron chi connectivity index (χ4n) is 3.40. The minimum atomic E-state index is -1.79. The SMILES string of the molecule is N=C(NCCCCCCNC(=N)NC(=N)Nc1ccc(Cl)cc1)NC(=N)Nc1ccc(Cl)cc1.O=C[C@H](O)[C@@H](O)[C@H](O)[C@H](O)CO.